The number of benzene rings is 2. The van der Waals surface area contributed by atoms with Crippen LogP contribution in [0.15, 0.2) is 70.7 Å². The summed E-state index contributed by atoms with van der Waals surface area (Å²) in [5.41, 5.74) is 4.74. The lowest BCUT2D eigenvalue weighted by molar-refractivity contribution is 1.19. The van der Waals surface area contributed by atoms with E-state index in [9.17, 15) is 0 Å². The fraction of sp³-hybridized carbons (Fsp3) is 0.111. The van der Waals surface area contributed by atoms with Crippen molar-refractivity contribution in [2.45, 2.75) is 11.4 Å². The normalized spacial score (nSPS) is 13.2. The maximum Gasteiger partial charge on any atom is 0.0971 e. The van der Waals surface area contributed by atoms with Gasteiger partial charge in [0.2, 0.25) is 0 Å². The van der Waals surface area contributed by atoms with Crippen LogP contribution < -0.4 is 0 Å². The van der Waals surface area contributed by atoms with Gasteiger partial charge in [-0.3, -0.25) is 4.99 Å². The molecule has 0 spiro atoms. The number of aromatic nitrogens is 1. The zero-order valence-electron chi connectivity index (χ0n) is 11.5. The van der Waals surface area contributed by atoms with Crippen LogP contribution in [-0.2, 0) is 6.42 Å². The Morgan fingerprint density at radius 2 is 1.76 bits per heavy atom. The summed E-state index contributed by atoms with van der Waals surface area (Å²) in [4.78, 5) is 9.39. The molecule has 0 saturated carbocycles. The molecule has 0 aliphatic carbocycles. The fourth-order valence-electron chi connectivity index (χ4n) is 2.57. The Hall–Kier alpha value is -2.13. The van der Waals surface area contributed by atoms with Gasteiger partial charge in [-0.1, -0.05) is 42.5 Å². The zero-order valence-corrected chi connectivity index (χ0v) is 12.3. The summed E-state index contributed by atoms with van der Waals surface area (Å²) in [5, 5.41) is 2.25. The molecule has 21 heavy (non-hydrogen) atoms. The van der Waals surface area contributed by atoms with Crippen LogP contribution in [0.2, 0.25) is 0 Å². The first kappa shape index (κ1) is 12.6. The third-order valence-electron chi connectivity index (χ3n) is 3.62. The van der Waals surface area contributed by atoms with E-state index in [-0.39, 0.29) is 0 Å². The van der Waals surface area contributed by atoms with E-state index in [0.717, 1.165) is 28.4 Å². The highest BCUT2D eigenvalue weighted by Crippen LogP contribution is 2.28. The average molecular weight is 290 g/mol. The molecule has 102 valence electrons. The van der Waals surface area contributed by atoms with Gasteiger partial charge in [0.15, 0.2) is 0 Å². The number of para-hydroxylation sites is 2. The summed E-state index contributed by atoms with van der Waals surface area (Å²) in [5.74, 6) is 0.903. The largest absolute Gasteiger partial charge is 0.256 e. The lowest BCUT2D eigenvalue weighted by atomic mass is 10.1. The first-order chi connectivity index (χ1) is 10.4. The molecule has 0 fully saturated rings. The lowest BCUT2D eigenvalue weighted by Gasteiger charge is -2.03. The van der Waals surface area contributed by atoms with Crippen molar-refractivity contribution in [2.75, 3.05) is 5.75 Å². The molecular weight excluding hydrogens is 276 g/mol. The number of hydrogen-bond acceptors (Lipinski definition) is 3. The smallest absolute Gasteiger partial charge is 0.0971 e. The summed E-state index contributed by atoms with van der Waals surface area (Å²) in [6.45, 7) is 0. The van der Waals surface area contributed by atoms with Crippen LogP contribution in [0.1, 0.15) is 5.56 Å². The van der Waals surface area contributed by atoms with Gasteiger partial charge in [0.25, 0.3) is 0 Å². The van der Waals surface area contributed by atoms with Crippen molar-refractivity contribution in [3.05, 3.63) is 66.2 Å². The molecule has 0 bridgehead atoms. The van der Waals surface area contributed by atoms with Gasteiger partial charge < -0.3 is 0 Å². The number of pyridine rings is 1. The van der Waals surface area contributed by atoms with Gasteiger partial charge >= 0.3 is 0 Å². The molecule has 0 atom stereocenters. The summed E-state index contributed by atoms with van der Waals surface area (Å²) >= 11 is 1.76. The highest BCUT2D eigenvalue weighted by molar-refractivity contribution is 7.99. The minimum Gasteiger partial charge on any atom is -0.256 e. The zero-order chi connectivity index (χ0) is 14.1. The molecule has 1 aromatic heterocycles. The molecule has 0 saturated heterocycles. The second-order valence-electron chi connectivity index (χ2n) is 5.11. The second-order valence-corrected chi connectivity index (χ2v) is 6.11. The topological polar surface area (TPSA) is 25.2 Å². The predicted molar refractivity (Wildman–Crippen MR) is 89.7 cm³/mol. The van der Waals surface area contributed by atoms with Crippen molar-refractivity contribution in [3.8, 4) is 0 Å². The molecule has 2 heterocycles. The number of hydrogen-bond donors (Lipinski definition) is 0. The molecule has 0 radical (unpaired) electrons. The summed E-state index contributed by atoms with van der Waals surface area (Å²) < 4.78 is 0. The monoisotopic (exact) mass is 290 g/mol. The Bertz CT molecular complexity index is 839. The van der Waals surface area contributed by atoms with E-state index < -0.39 is 0 Å². The van der Waals surface area contributed by atoms with E-state index in [4.69, 9.17) is 9.98 Å². The Kier molecular flexibility index (Phi) is 3.20. The van der Waals surface area contributed by atoms with Crippen molar-refractivity contribution < 1.29 is 0 Å². The number of rotatable bonds is 3. The van der Waals surface area contributed by atoms with Gasteiger partial charge in [-0.25, -0.2) is 4.98 Å². The number of aliphatic imine (C=N–C) groups is 1. The van der Waals surface area contributed by atoms with Gasteiger partial charge in [0.1, 0.15) is 0 Å². The maximum absolute atomic E-state index is 4.70. The molecule has 1 aliphatic heterocycles. The van der Waals surface area contributed by atoms with Gasteiger partial charge in [-0.2, -0.15) is 0 Å². The molecule has 1 aliphatic rings. The molecule has 2 aromatic carbocycles. The minimum absolute atomic E-state index is 0.903. The quantitative estimate of drug-likeness (QED) is 0.656. The Morgan fingerprint density at radius 3 is 2.71 bits per heavy atom. The van der Waals surface area contributed by atoms with Crippen LogP contribution >= 0.6 is 11.8 Å². The van der Waals surface area contributed by atoms with Crippen molar-refractivity contribution in [1.29, 1.82) is 0 Å². The van der Waals surface area contributed by atoms with E-state index in [1.54, 1.807) is 11.8 Å². The van der Waals surface area contributed by atoms with Crippen LogP contribution in [0.5, 0.6) is 0 Å². The van der Waals surface area contributed by atoms with E-state index >= 15 is 0 Å². The highest BCUT2D eigenvalue weighted by Gasteiger charge is 2.13. The molecular formula is C18H14N2S. The standard InChI is InChI=1S/C18H14N2S/c1-3-7-16-13(5-1)9-10-18(20-16)21-12-15-11-14-6-2-4-8-17(14)19-15/h1-10H,11-12H2. The summed E-state index contributed by atoms with van der Waals surface area (Å²) in [6, 6.07) is 20.8. The molecule has 0 amide bonds. The Labute approximate surface area is 127 Å². The van der Waals surface area contributed by atoms with Gasteiger partial charge in [-0.15, -0.1) is 11.8 Å². The third-order valence-corrected chi connectivity index (χ3v) is 4.62. The number of thioether (sulfide) groups is 1. The maximum atomic E-state index is 4.70. The van der Waals surface area contributed by atoms with E-state index in [1.807, 2.05) is 18.2 Å². The van der Waals surface area contributed by atoms with Crippen molar-refractivity contribution in [3.63, 3.8) is 0 Å². The highest BCUT2D eigenvalue weighted by atomic mass is 32.2. The lowest BCUT2D eigenvalue weighted by Crippen LogP contribution is -2.01. The van der Waals surface area contributed by atoms with E-state index in [2.05, 4.69) is 42.5 Å². The Balaban J connectivity index is 1.50. The molecule has 0 N–H and O–H groups in total. The van der Waals surface area contributed by atoms with Crippen LogP contribution in [-0.4, -0.2) is 16.4 Å². The third kappa shape index (κ3) is 2.57. The van der Waals surface area contributed by atoms with Crippen LogP contribution in [0.4, 0.5) is 5.69 Å². The van der Waals surface area contributed by atoms with E-state index in [1.165, 1.54) is 16.7 Å². The number of nitrogens with zero attached hydrogens (tertiary/aromatic N) is 2. The first-order valence-corrected chi connectivity index (χ1v) is 8.00. The number of fused-ring (bicyclic) bond motifs is 2. The molecule has 2 nitrogen and oxygen atoms in total. The molecule has 3 heteroatoms. The van der Waals surface area contributed by atoms with Crippen molar-refractivity contribution in [2.24, 2.45) is 4.99 Å². The van der Waals surface area contributed by atoms with Gasteiger partial charge in [0, 0.05) is 23.3 Å². The van der Waals surface area contributed by atoms with Crippen LogP contribution in [0.3, 0.4) is 0 Å². The van der Waals surface area contributed by atoms with Crippen molar-refractivity contribution in [1.82, 2.24) is 4.98 Å². The molecule has 3 aromatic rings. The van der Waals surface area contributed by atoms with Crippen molar-refractivity contribution >= 4 is 34.1 Å². The SMILES string of the molecule is c1ccc2c(c1)CC(CSc1ccc3ccccc3n1)=N2. The molecule has 4 rings (SSSR count). The molecule has 0 unspecified atom stereocenters. The first-order valence-electron chi connectivity index (χ1n) is 7.01. The predicted octanol–water partition coefficient (Wildman–Crippen LogP) is 4.66. The van der Waals surface area contributed by atoms with Gasteiger partial charge in [0.05, 0.1) is 16.2 Å². The summed E-state index contributed by atoms with van der Waals surface area (Å²) in [7, 11) is 0. The van der Waals surface area contributed by atoms with E-state index in [0.29, 0.717) is 0 Å². The van der Waals surface area contributed by atoms with Gasteiger partial charge in [-0.05, 0) is 23.8 Å². The summed E-state index contributed by atoms with van der Waals surface area (Å²) in [6.07, 6.45) is 0.969. The fourth-order valence-corrected chi connectivity index (χ4v) is 3.38. The second kappa shape index (κ2) is 5.34. The average Bonchev–Trinajstić information content (AvgIpc) is 2.95. The van der Waals surface area contributed by atoms with Crippen LogP contribution in [0.25, 0.3) is 10.9 Å². The minimum atomic E-state index is 0.903. The Morgan fingerprint density at radius 1 is 0.905 bits per heavy atom. The van der Waals surface area contributed by atoms with Crippen LogP contribution in [0, 0.1) is 0 Å².